The molecule has 0 saturated carbocycles. The van der Waals surface area contributed by atoms with Crippen LogP contribution >= 0.6 is 11.8 Å². The third-order valence-corrected chi connectivity index (χ3v) is 3.29. The molecule has 0 aromatic heterocycles. The van der Waals surface area contributed by atoms with Gasteiger partial charge >= 0.3 is 0 Å². The van der Waals surface area contributed by atoms with Crippen LogP contribution in [0.3, 0.4) is 0 Å². The van der Waals surface area contributed by atoms with Gasteiger partial charge in [0.2, 0.25) is 0 Å². The minimum atomic E-state index is 0.905. The van der Waals surface area contributed by atoms with Crippen LogP contribution in [0.4, 0.5) is 0 Å². The Morgan fingerprint density at radius 2 is 2.17 bits per heavy atom. The van der Waals surface area contributed by atoms with Crippen molar-refractivity contribution in [3.8, 4) is 0 Å². The largest absolute Gasteiger partial charge is 0.378 e. The topological polar surface area (TPSA) is 12.5 Å². The number of rotatable bonds is 1. The summed E-state index contributed by atoms with van der Waals surface area (Å²) in [5.41, 5.74) is 1.54. The van der Waals surface area contributed by atoms with Gasteiger partial charge in [0.15, 0.2) is 0 Å². The van der Waals surface area contributed by atoms with Crippen molar-refractivity contribution in [1.29, 1.82) is 0 Å². The van der Waals surface area contributed by atoms with Crippen LogP contribution in [-0.4, -0.2) is 37.0 Å². The molecule has 0 atom stereocenters. The highest BCUT2D eigenvalue weighted by atomic mass is 32.2. The van der Waals surface area contributed by atoms with Crippen LogP contribution in [0.5, 0.6) is 0 Å². The van der Waals surface area contributed by atoms with Gasteiger partial charge in [-0.25, -0.2) is 0 Å². The average molecular weight is 185 g/mol. The number of morpholine rings is 1. The third kappa shape index (κ3) is 1.96. The number of allylic oxidation sites excluding steroid dienone is 1. The molecule has 0 unspecified atom stereocenters. The van der Waals surface area contributed by atoms with Crippen molar-refractivity contribution < 1.29 is 4.74 Å². The molecule has 2 rings (SSSR count). The van der Waals surface area contributed by atoms with Crippen molar-refractivity contribution in [2.75, 3.05) is 32.1 Å². The summed E-state index contributed by atoms with van der Waals surface area (Å²) < 4.78 is 5.31. The van der Waals surface area contributed by atoms with Crippen LogP contribution in [0.25, 0.3) is 0 Å². The van der Waals surface area contributed by atoms with E-state index in [1.54, 1.807) is 0 Å². The number of nitrogens with zero attached hydrogens (tertiary/aromatic N) is 1. The number of hydrogen-bond acceptors (Lipinski definition) is 3. The molecule has 0 amide bonds. The Hall–Kier alpha value is -0.150. The zero-order valence-electron chi connectivity index (χ0n) is 7.29. The molecule has 2 nitrogen and oxygen atoms in total. The molecule has 68 valence electrons. The van der Waals surface area contributed by atoms with E-state index in [0.29, 0.717) is 0 Å². The first-order valence-corrected chi connectivity index (χ1v) is 5.65. The lowest BCUT2D eigenvalue weighted by Gasteiger charge is -2.32. The van der Waals surface area contributed by atoms with Crippen LogP contribution in [-0.2, 0) is 4.74 Å². The van der Waals surface area contributed by atoms with Crippen LogP contribution in [0, 0.1) is 0 Å². The normalized spacial score (nSPS) is 25.3. The summed E-state index contributed by atoms with van der Waals surface area (Å²) in [6.07, 6.45) is 2.61. The van der Waals surface area contributed by atoms with Crippen molar-refractivity contribution in [2.24, 2.45) is 0 Å². The quantitative estimate of drug-likeness (QED) is 0.617. The monoisotopic (exact) mass is 185 g/mol. The molecule has 0 radical (unpaired) electrons. The molecule has 12 heavy (non-hydrogen) atoms. The lowest BCUT2D eigenvalue weighted by atomic mass is 10.2. The summed E-state index contributed by atoms with van der Waals surface area (Å²) in [5, 5.41) is 2.33. The second-order valence-electron chi connectivity index (χ2n) is 3.18. The molecule has 2 heterocycles. The van der Waals surface area contributed by atoms with Crippen LogP contribution in [0.2, 0.25) is 0 Å². The molecule has 0 aromatic rings. The molecule has 3 heteroatoms. The van der Waals surface area contributed by atoms with Gasteiger partial charge in [0.1, 0.15) is 0 Å². The smallest absolute Gasteiger partial charge is 0.0642 e. The van der Waals surface area contributed by atoms with Crippen LogP contribution < -0.4 is 0 Å². The van der Waals surface area contributed by atoms with Crippen LogP contribution in [0.1, 0.15) is 12.8 Å². The van der Waals surface area contributed by atoms with Crippen molar-refractivity contribution >= 4 is 11.8 Å². The second kappa shape index (κ2) is 4.19. The fourth-order valence-corrected chi connectivity index (χ4v) is 2.52. The van der Waals surface area contributed by atoms with Gasteiger partial charge in [-0.15, -0.1) is 11.8 Å². The molecule has 1 fully saturated rings. The summed E-state index contributed by atoms with van der Waals surface area (Å²) in [6.45, 7) is 3.99. The van der Waals surface area contributed by atoms with Gasteiger partial charge in [-0.05, 0) is 24.0 Å². The van der Waals surface area contributed by atoms with E-state index in [9.17, 15) is 0 Å². The third-order valence-electron chi connectivity index (χ3n) is 2.33. The average Bonchev–Trinajstić information content (AvgIpc) is 2.21. The van der Waals surface area contributed by atoms with E-state index in [0.717, 1.165) is 26.3 Å². The lowest BCUT2D eigenvalue weighted by Crippen LogP contribution is -2.35. The molecule has 0 bridgehead atoms. The van der Waals surface area contributed by atoms with E-state index in [2.05, 4.69) is 10.3 Å². The highest BCUT2D eigenvalue weighted by molar-refractivity contribution is 8.02. The Labute approximate surface area is 78.0 Å². The molecule has 0 aromatic carbocycles. The molecule has 1 saturated heterocycles. The Morgan fingerprint density at radius 3 is 2.83 bits per heavy atom. The molecular formula is C9H15NOS. The number of hydrogen-bond donors (Lipinski definition) is 0. The maximum absolute atomic E-state index is 5.31. The van der Waals surface area contributed by atoms with Gasteiger partial charge in [0.05, 0.1) is 13.2 Å². The van der Waals surface area contributed by atoms with Gasteiger partial charge in [-0.3, -0.25) is 0 Å². The van der Waals surface area contributed by atoms with Gasteiger partial charge in [0.25, 0.3) is 0 Å². The van der Waals surface area contributed by atoms with E-state index in [1.807, 2.05) is 11.8 Å². The maximum Gasteiger partial charge on any atom is 0.0642 e. The Bertz CT molecular complexity index is 175. The first-order chi connectivity index (χ1) is 5.97. The van der Waals surface area contributed by atoms with E-state index >= 15 is 0 Å². The van der Waals surface area contributed by atoms with E-state index in [4.69, 9.17) is 4.74 Å². The molecule has 2 aliphatic heterocycles. The molecule has 2 aliphatic rings. The van der Waals surface area contributed by atoms with Gasteiger partial charge < -0.3 is 9.64 Å². The number of thioether (sulfide) groups is 1. The van der Waals surface area contributed by atoms with E-state index < -0.39 is 0 Å². The Kier molecular flexibility index (Phi) is 2.95. The summed E-state index contributed by atoms with van der Waals surface area (Å²) in [4.78, 5) is 2.47. The summed E-state index contributed by atoms with van der Waals surface area (Å²) in [6, 6.07) is 0. The minimum Gasteiger partial charge on any atom is -0.378 e. The molecule has 0 N–H and O–H groups in total. The maximum atomic E-state index is 5.31. The Balaban J connectivity index is 1.92. The summed E-state index contributed by atoms with van der Waals surface area (Å²) in [7, 11) is 0. The zero-order valence-corrected chi connectivity index (χ0v) is 8.11. The number of ether oxygens (including phenoxy) is 1. The van der Waals surface area contributed by atoms with E-state index in [1.165, 1.54) is 24.3 Å². The molecule has 0 aliphatic carbocycles. The zero-order chi connectivity index (χ0) is 8.23. The highest BCUT2D eigenvalue weighted by Crippen LogP contribution is 2.24. The van der Waals surface area contributed by atoms with Crippen molar-refractivity contribution in [1.82, 2.24) is 4.90 Å². The van der Waals surface area contributed by atoms with Crippen LogP contribution in [0.15, 0.2) is 11.1 Å². The summed E-state index contributed by atoms with van der Waals surface area (Å²) >= 11 is 1.95. The standard InChI is InChI=1S/C9H15NOS/c1-2-9(8-12-7-1)10-3-5-11-6-4-10/h8H,1-7H2. The summed E-state index contributed by atoms with van der Waals surface area (Å²) in [5.74, 6) is 1.30. The van der Waals surface area contributed by atoms with Gasteiger partial charge in [-0.1, -0.05) is 0 Å². The van der Waals surface area contributed by atoms with Gasteiger partial charge in [-0.2, -0.15) is 0 Å². The van der Waals surface area contributed by atoms with Crippen molar-refractivity contribution in [3.05, 3.63) is 11.1 Å². The highest BCUT2D eigenvalue weighted by Gasteiger charge is 2.14. The fraction of sp³-hybridized carbons (Fsp3) is 0.778. The predicted molar refractivity (Wildman–Crippen MR) is 52.2 cm³/mol. The predicted octanol–water partition coefficient (Wildman–Crippen LogP) is 1.69. The minimum absolute atomic E-state index is 0.905. The SMILES string of the molecule is C1=C(N2CCOCC2)CCCS1. The Morgan fingerprint density at radius 1 is 1.33 bits per heavy atom. The van der Waals surface area contributed by atoms with E-state index in [-0.39, 0.29) is 0 Å². The van der Waals surface area contributed by atoms with Crippen molar-refractivity contribution in [2.45, 2.75) is 12.8 Å². The second-order valence-corrected chi connectivity index (χ2v) is 4.16. The van der Waals surface area contributed by atoms with Gasteiger partial charge in [0, 0.05) is 18.8 Å². The first-order valence-electron chi connectivity index (χ1n) is 4.60. The molecular weight excluding hydrogens is 170 g/mol. The first kappa shape index (κ1) is 8.45. The fourth-order valence-electron chi connectivity index (χ4n) is 1.63. The molecule has 0 spiro atoms. The lowest BCUT2D eigenvalue weighted by molar-refractivity contribution is 0.0521. The van der Waals surface area contributed by atoms with Crippen molar-refractivity contribution in [3.63, 3.8) is 0 Å².